The number of carbonyl (C=O) groups excluding carboxylic acids is 1. The van der Waals surface area contributed by atoms with E-state index in [1.807, 2.05) is 61.2 Å². The molecule has 0 saturated carbocycles. The monoisotopic (exact) mass is 498 g/mol. The fourth-order valence-corrected chi connectivity index (χ4v) is 4.73. The van der Waals surface area contributed by atoms with Crippen molar-refractivity contribution >= 4 is 45.4 Å². The predicted molar refractivity (Wildman–Crippen MR) is 139 cm³/mol. The number of nitrogens with zero attached hydrogens (tertiary/aromatic N) is 8. The summed E-state index contributed by atoms with van der Waals surface area (Å²) in [6, 6.07) is 13.0. The first kappa shape index (κ1) is 22.4. The van der Waals surface area contributed by atoms with Crippen LogP contribution in [0.3, 0.4) is 0 Å². The summed E-state index contributed by atoms with van der Waals surface area (Å²) in [5.41, 5.74) is 5.48. The summed E-state index contributed by atoms with van der Waals surface area (Å²) in [4.78, 5) is 35.5. The van der Waals surface area contributed by atoms with Gasteiger partial charge in [-0.3, -0.25) is 4.79 Å². The zero-order valence-corrected chi connectivity index (χ0v) is 20.6. The van der Waals surface area contributed by atoms with Crippen molar-refractivity contribution in [3.63, 3.8) is 0 Å². The molecule has 1 saturated heterocycles. The van der Waals surface area contributed by atoms with Crippen molar-refractivity contribution in [1.29, 1.82) is 0 Å². The molecule has 2 aromatic carbocycles. The smallest absolute Gasteiger partial charge is 0.254 e. The molecule has 0 aliphatic carbocycles. The highest BCUT2D eigenvalue weighted by Gasteiger charge is 2.25. The number of hydrogen-bond acceptors (Lipinski definition) is 7. The molecule has 0 N–H and O–H groups in total. The SMILES string of the molecule is Cc1nc2ccc(C(=O)N3CCN(c4ncnc5c4cnn5-c4cccc(Cl)c4)CC3)cc2nc1C. The van der Waals surface area contributed by atoms with E-state index in [-0.39, 0.29) is 5.91 Å². The predicted octanol–water partition coefficient (Wildman–Crippen LogP) is 3.99. The molecule has 9 nitrogen and oxygen atoms in total. The lowest BCUT2D eigenvalue weighted by Crippen LogP contribution is -2.49. The molecule has 10 heteroatoms. The van der Waals surface area contributed by atoms with Gasteiger partial charge in [0.2, 0.25) is 0 Å². The van der Waals surface area contributed by atoms with Gasteiger partial charge in [0, 0.05) is 36.8 Å². The largest absolute Gasteiger partial charge is 0.352 e. The molecule has 0 atom stereocenters. The summed E-state index contributed by atoms with van der Waals surface area (Å²) in [7, 11) is 0. The first-order valence-electron chi connectivity index (χ1n) is 11.7. The van der Waals surface area contributed by atoms with E-state index in [4.69, 9.17) is 11.6 Å². The van der Waals surface area contributed by atoms with Gasteiger partial charge in [-0.15, -0.1) is 0 Å². The standard InChI is InChI=1S/C26H23ClN8O/c1-16-17(2)32-23-12-18(6-7-22(23)31-16)26(36)34-10-8-33(9-11-34)24-21-14-30-35(25(21)29-15-28-24)20-5-3-4-19(27)13-20/h3-7,12-15H,8-11H2,1-2H3. The van der Waals surface area contributed by atoms with Crippen molar-refractivity contribution < 1.29 is 4.79 Å². The van der Waals surface area contributed by atoms with E-state index in [1.54, 1.807) is 17.2 Å². The second-order valence-electron chi connectivity index (χ2n) is 8.85. The number of piperazine rings is 1. The van der Waals surface area contributed by atoms with Crippen molar-refractivity contribution in [2.24, 2.45) is 0 Å². The maximum Gasteiger partial charge on any atom is 0.254 e. The second kappa shape index (κ2) is 8.83. The van der Waals surface area contributed by atoms with E-state index in [0.29, 0.717) is 42.4 Å². The van der Waals surface area contributed by atoms with Gasteiger partial charge in [-0.1, -0.05) is 17.7 Å². The van der Waals surface area contributed by atoms with Crippen LogP contribution in [0.5, 0.6) is 0 Å². The molecular weight excluding hydrogens is 476 g/mol. The molecule has 0 bridgehead atoms. The van der Waals surface area contributed by atoms with Crippen LogP contribution in [0.1, 0.15) is 21.7 Å². The summed E-state index contributed by atoms with van der Waals surface area (Å²) in [6.45, 7) is 6.36. The van der Waals surface area contributed by atoms with E-state index < -0.39 is 0 Å². The van der Waals surface area contributed by atoms with Crippen molar-refractivity contribution in [2.45, 2.75) is 13.8 Å². The van der Waals surface area contributed by atoms with Gasteiger partial charge in [0.15, 0.2) is 5.65 Å². The van der Waals surface area contributed by atoms with Crippen LogP contribution < -0.4 is 4.90 Å². The van der Waals surface area contributed by atoms with Crippen molar-refractivity contribution in [3.8, 4) is 5.69 Å². The highest BCUT2D eigenvalue weighted by molar-refractivity contribution is 6.30. The van der Waals surface area contributed by atoms with Crippen LogP contribution in [-0.2, 0) is 0 Å². The van der Waals surface area contributed by atoms with E-state index in [2.05, 4.69) is 29.9 Å². The molecule has 1 fully saturated rings. The molecule has 0 unspecified atom stereocenters. The Balaban J connectivity index is 1.21. The maximum absolute atomic E-state index is 13.2. The highest BCUT2D eigenvalue weighted by Crippen LogP contribution is 2.26. The van der Waals surface area contributed by atoms with Gasteiger partial charge in [0.25, 0.3) is 5.91 Å². The van der Waals surface area contributed by atoms with E-state index in [1.165, 1.54) is 0 Å². The Kier molecular flexibility index (Phi) is 5.49. The quantitative estimate of drug-likeness (QED) is 0.371. The number of carbonyl (C=O) groups is 1. The van der Waals surface area contributed by atoms with E-state index in [9.17, 15) is 4.79 Å². The second-order valence-corrected chi connectivity index (χ2v) is 9.28. The van der Waals surface area contributed by atoms with Crippen LogP contribution in [0, 0.1) is 13.8 Å². The van der Waals surface area contributed by atoms with Crippen LogP contribution >= 0.6 is 11.6 Å². The normalized spacial score (nSPS) is 14.1. The van der Waals surface area contributed by atoms with Gasteiger partial charge in [-0.05, 0) is 50.2 Å². The third kappa shape index (κ3) is 3.91. The van der Waals surface area contributed by atoms with Gasteiger partial charge < -0.3 is 9.80 Å². The van der Waals surface area contributed by atoms with Crippen LogP contribution in [0.2, 0.25) is 5.02 Å². The van der Waals surface area contributed by atoms with Crippen LogP contribution in [-0.4, -0.2) is 66.7 Å². The van der Waals surface area contributed by atoms with Crippen molar-refractivity contribution in [2.75, 3.05) is 31.1 Å². The van der Waals surface area contributed by atoms with Crippen LogP contribution in [0.15, 0.2) is 55.0 Å². The minimum atomic E-state index is -0.00168. The number of anilines is 1. The first-order chi connectivity index (χ1) is 17.5. The molecule has 5 aromatic rings. The number of hydrogen-bond donors (Lipinski definition) is 0. The van der Waals surface area contributed by atoms with Gasteiger partial charge in [0.05, 0.1) is 39.7 Å². The lowest BCUT2D eigenvalue weighted by Gasteiger charge is -2.35. The third-order valence-corrected chi connectivity index (χ3v) is 6.82. The zero-order chi connectivity index (χ0) is 24.8. The Bertz CT molecular complexity index is 1620. The maximum atomic E-state index is 13.2. The fraction of sp³-hybridized carbons (Fsp3) is 0.231. The molecule has 180 valence electrons. The molecule has 36 heavy (non-hydrogen) atoms. The average molecular weight is 499 g/mol. The lowest BCUT2D eigenvalue weighted by atomic mass is 10.1. The zero-order valence-electron chi connectivity index (χ0n) is 19.9. The molecule has 1 amide bonds. The number of benzene rings is 2. The molecule has 1 aliphatic heterocycles. The Labute approximate surface area is 212 Å². The van der Waals surface area contributed by atoms with E-state index >= 15 is 0 Å². The number of fused-ring (bicyclic) bond motifs is 2. The Morgan fingerprint density at radius 1 is 0.917 bits per heavy atom. The summed E-state index contributed by atoms with van der Waals surface area (Å²) in [5.74, 6) is 0.811. The van der Waals surface area contributed by atoms with Gasteiger partial charge >= 0.3 is 0 Å². The molecule has 6 rings (SSSR count). The topological polar surface area (TPSA) is 92.9 Å². The minimum Gasteiger partial charge on any atom is -0.352 e. The average Bonchev–Trinajstić information content (AvgIpc) is 3.33. The van der Waals surface area contributed by atoms with Gasteiger partial charge in [-0.2, -0.15) is 5.10 Å². The summed E-state index contributed by atoms with van der Waals surface area (Å²) >= 11 is 6.17. The number of rotatable bonds is 3. The van der Waals surface area contributed by atoms with Crippen molar-refractivity contribution in [3.05, 3.63) is 77.0 Å². The Morgan fingerprint density at radius 2 is 1.69 bits per heavy atom. The van der Waals surface area contributed by atoms with Gasteiger partial charge in [-0.25, -0.2) is 24.6 Å². The van der Waals surface area contributed by atoms with Gasteiger partial charge in [0.1, 0.15) is 12.1 Å². The van der Waals surface area contributed by atoms with Crippen molar-refractivity contribution in [1.82, 2.24) is 34.6 Å². The number of halogens is 1. The van der Waals surface area contributed by atoms with E-state index in [0.717, 1.165) is 39.3 Å². The molecular formula is C26H23ClN8O. The van der Waals surface area contributed by atoms with Crippen LogP contribution in [0.25, 0.3) is 27.8 Å². The molecule has 4 heterocycles. The fourth-order valence-electron chi connectivity index (χ4n) is 4.55. The number of amides is 1. The minimum absolute atomic E-state index is 0.00168. The summed E-state index contributed by atoms with van der Waals surface area (Å²) < 4.78 is 1.76. The highest BCUT2D eigenvalue weighted by atomic mass is 35.5. The Morgan fingerprint density at radius 3 is 2.47 bits per heavy atom. The third-order valence-electron chi connectivity index (χ3n) is 6.59. The molecule has 0 spiro atoms. The molecule has 1 aliphatic rings. The summed E-state index contributed by atoms with van der Waals surface area (Å²) in [6.07, 6.45) is 3.33. The Hall–Kier alpha value is -4.11. The number of aromatic nitrogens is 6. The molecule has 3 aromatic heterocycles. The molecule has 0 radical (unpaired) electrons. The number of aryl methyl sites for hydroxylation is 2. The first-order valence-corrected chi connectivity index (χ1v) is 12.1. The summed E-state index contributed by atoms with van der Waals surface area (Å²) in [5, 5.41) is 6.03. The van der Waals surface area contributed by atoms with Crippen LogP contribution in [0.4, 0.5) is 5.82 Å². The lowest BCUT2D eigenvalue weighted by molar-refractivity contribution is 0.0746.